The van der Waals surface area contributed by atoms with Crippen LogP contribution in [0.5, 0.6) is 0 Å². The fourth-order valence-electron chi connectivity index (χ4n) is 2.07. The maximum atomic E-state index is 10.7. The molecule has 0 radical (unpaired) electrons. The standard InChI is InChI=1S/C13H17N3O2S/c1-4-15(9(2)3)12-10(5-6-11(17)18)16-7-8-19-13(16)14-12/h5-9H,4H2,1-3H3,(H,17,18)/b6-5+. The number of hydrogen-bond acceptors (Lipinski definition) is 4. The lowest BCUT2D eigenvalue weighted by atomic mass is 10.2. The Balaban J connectivity index is 2.55. The Kier molecular flexibility index (Phi) is 3.90. The SMILES string of the molecule is CCN(c1nc2sccn2c1/C=C/C(=O)O)C(C)C. The first-order chi connectivity index (χ1) is 9.04. The van der Waals surface area contributed by atoms with Crippen molar-refractivity contribution in [2.24, 2.45) is 0 Å². The number of imidazole rings is 1. The van der Waals surface area contributed by atoms with E-state index in [4.69, 9.17) is 5.11 Å². The van der Waals surface area contributed by atoms with E-state index in [1.54, 1.807) is 17.4 Å². The molecule has 0 aliphatic heterocycles. The molecule has 0 atom stereocenters. The van der Waals surface area contributed by atoms with Gasteiger partial charge in [0.2, 0.25) is 0 Å². The van der Waals surface area contributed by atoms with Crippen molar-refractivity contribution < 1.29 is 9.90 Å². The fourth-order valence-corrected chi connectivity index (χ4v) is 2.78. The quantitative estimate of drug-likeness (QED) is 0.855. The van der Waals surface area contributed by atoms with E-state index < -0.39 is 5.97 Å². The Labute approximate surface area is 115 Å². The highest BCUT2D eigenvalue weighted by atomic mass is 32.1. The van der Waals surface area contributed by atoms with Gasteiger partial charge in [-0.05, 0) is 26.8 Å². The normalized spacial score (nSPS) is 11.8. The Morgan fingerprint density at radius 2 is 2.37 bits per heavy atom. The Morgan fingerprint density at radius 3 is 2.95 bits per heavy atom. The van der Waals surface area contributed by atoms with Crippen molar-refractivity contribution in [3.05, 3.63) is 23.3 Å². The lowest BCUT2D eigenvalue weighted by Gasteiger charge is -2.25. The fraction of sp³-hybridized carbons (Fsp3) is 0.385. The molecule has 1 N–H and O–H groups in total. The van der Waals surface area contributed by atoms with Crippen molar-refractivity contribution in [3.63, 3.8) is 0 Å². The molecular weight excluding hydrogens is 262 g/mol. The van der Waals surface area contributed by atoms with Gasteiger partial charge in [0.05, 0.1) is 5.69 Å². The molecule has 2 aromatic rings. The van der Waals surface area contributed by atoms with Crippen molar-refractivity contribution in [3.8, 4) is 0 Å². The number of nitrogens with zero attached hydrogens (tertiary/aromatic N) is 3. The second-order valence-corrected chi connectivity index (χ2v) is 5.30. The maximum Gasteiger partial charge on any atom is 0.328 e. The number of thiazole rings is 1. The summed E-state index contributed by atoms with van der Waals surface area (Å²) in [5.74, 6) is -0.120. The van der Waals surface area contributed by atoms with Crippen LogP contribution in [-0.4, -0.2) is 33.0 Å². The first-order valence-corrected chi connectivity index (χ1v) is 7.05. The zero-order valence-electron chi connectivity index (χ0n) is 11.2. The molecule has 6 heteroatoms. The highest BCUT2D eigenvalue weighted by molar-refractivity contribution is 7.15. The summed E-state index contributed by atoms with van der Waals surface area (Å²) in [4.78, 5) is 18.4. The van der Waals surface area contributed by atoms with Gasteiger partial charge in [-0.15, -0.1) is 11.3 Å². The van der Waals surface area contributed by atoms with Crippen LogP contribution in [0.15, 0.2) is 17.7 Å². The summed E-state index contributed by atoms with van der Waals surface area (Å²) in [5, 5.41) is 10.7. The molecule has 2 rings (SSSR count). The summed E-state index contributed by atoms with van der Waals surface area (Å²) in [6.45, 7) is 7.10. The van der Waals surface area contributed by atoms with Crippen molar-refractivity contribution >= 4 is 34.2 Å². The van der Waals surface area contributed by atoms with Crippen LogP contribution >= 0.6 is 11.3 Å². The highest BCUT2D eigenvalue weighted by Gasteiger charge is 2.18. The average molecular weight is 279 g/mol. The van der Waals surface area contributed by atoms with Gasteiger partial charge in [0.25, 0.3) is 0 Å². The molecule has 5 nitrogen and oxygen atoms in total. The van der Waals surface area contributed by atoms with Crippen LogP contribution in [0.4, 0.5) is 5.82 Å². The average Bonchev–Trinajstić information content (AvgIpc) is 2.88. The zero-order valence-corrected chi connectivity index (χ0v) is 12.0. The molecule has 0 aliphatic rings. The van der Waals surface area contributed by atoms with Gasteiger partial charge in [0, 0.05) is 30.2 Å². The van der Waals surface area contributed by atoms with Crippen LogP contribution in [0.3, 0.4) is 0 Å². The number of rotatable bonds is 5. The monoisotopic (exact) mass is 279 g/mol. The van der Waals surface area contributed by atoms with E-state index in [-0.39, 0.29) is 0 Å². The second-order valence-electron chi connectivity index (χ2n) is 4.43. The van der Waals surface area contributed by atoms with Gasteiger partial charge < -0.3 is 10.0 Å². The molecule has 0 saturated heterocycles. The van der Waals surface area contributed by atoms with E-state index in [1.165, 1.54) is 0 Å². The van der Waals surface area contributed by atoms with Crippen LogP contribution in [0.1, 0.15) is 26.5 Å². The Bertz CT molecular complexity index is 612. The molecule has 0 spiro atoms. The van der Waals surface area contributed by atoms with Gasteiger partial charge in [0.15, 0.2) is 10.8 Å². The van der Waals surface area contributed by atoms with E-state index >= 15 is 0 Å². The smallest absolute Gasteiger partial charge is 0.328 e. The van der Waals surface area contributed by atoms with Gasteiger partial charge >= 0.3 is 5.97 Å². The summed E-state index contributed by atoms with van der Waals surface area (Å²) < 4.78 is 1.92. The molecule has 0 fully saturated rings. The number of aliphatic carboxylic acids is 1. The summed E-state index contributed by atoms with van der Waals surface area (Å²) in [7, 11) is 0. The number of aromatic nitrogens is 2. The minimum absolute atomic E-state index is 0.312. The molecule has 0 aromatic carbocycles. The van der Waals surface area contributed by atoms with Gasteiger partial charge in [-0.25, -0.2) is 9.78 Å². The highest BCUT2D eigenvalue weighted by Crippen LogP contribution is 2.27. The summed E-state index contributed by atoms with van der Waals surface area (Å²) in [5.41, 5.74) is 0.814. The van der Waals surface area contributed by atoms with Gasteiger partial charge in [-0.1, -0.05) is 0 Å². The van der Waals surface area contributed by atoms with Gasteiger partial charge in [0.1, 0.15) is 0 Å². The predicted molar refractivity (Wildman–Crippen MR) is 77.9 cm³/mol. The van der Waals surface area contributed by atoms with Gasteiger partial charge in [-0.2, -0.15) is 0 Å². The van der Waals surface area contributed by atoms with E-state index in [9.17, 15) is 4.79 Å². The molecule has 2 heterocycles. The van der Waals surface area contributed by atoms with Gasteiger partial charge in [-0.3, -0.25) is 4.40 Å². The molecule has 2 aromatic heterocycles. The number of carbonyl (C=O) groups is 1. The van der Waals surface area contributed by atoms with Crippen LogP contribution < -0.4 is 4.90 Å². The number of hydrogen-bond donors (Lipinski definition) is 1. The lowest BCUT2D eigenvalue weighted by molar-refractivity contribution is -0.131. The third-order valence-corrected chi connectivity index (χ3v) is 3.66. The van der Waals surface area contributed by atoms with Crippen molar-refractivity contribution in [2.45, 2.75) is 26.8 Å². The second kappa shape index (κ2) is 5.44. The molecule has 0 aliphatic carbocycles. The zero-order chi connectivity index (χ0) is 14.0. The van der Waals surface area contributed by atoms with Crippen LogP contribution in [-0.2, 0) is 4.79 Å². The molecule has 19 heavy (non-hydrogen) atoms. The molecular formula is C13H17N3O2S. The number of carboxylic acid groups (broad SMARTS) is 1. The van der Waals surface area contributed by atoms with Crippen molar-refractivity contribution in [1.82, 2.24) is 9.38 Å². The topological polar surface area (TPSA) is 57.8 Å². The third kappa shape index (κ3) is 2.63. The molecule has 102 valence electrons. The first kappa shape index (κ1) is 13.6. The van der Waals surface area contributed by atoms with E-state index in [2.05, 4.69) is 30.7 Å². The van der Waals surface area contributed by atoms with Crippen LogP contribution in [0.25, 0.3) is 11.0 Å². The van der Waals surface area contributed by atoms with E-state index in [0.717, 1.165) is 29.1 Å². The van der Waals surface area contributed by atoms with Crippen LogP contribution in [0.2, 0.25) is 0 Å². The number of fused-ring (bicyclic) bond motifs is 1. The largest absolute Gasteiger partial charge is 0.478 e. The minimum Gasteiger partial charge on any atom is -0.478 e. The summed E-state index contributed by atoms with van der Waals surface area (Å²) in [6.07, 6.45) is 4.67. The Morgan fingerprint density at radius 1 is 1.63 bits per heavy atom. The number of anilines is 1. The summed E-state index contributed by atoms with van der Waals surface area (Å²) in [6, 6.07) is 0.312. The summed E-state index contributed by atoms with van der Waals surface area (Å²) >= 11 is 1.54. The van der Waals surface area contributed by atoms with Crippen molar-refractivity contribution in [2.75, 3.05) is 11.4 Å². The third-order valence-electron chi connectivity index (χ3n) is 2.90. The lowest BCUT2D eigenvalue weighted by Crippen LogP contribution is -2.31. The molecule has 0 amide bonds. The van der Waals surface area contributed by atoms with Crippen LogP contribution in [0, 0.1) is 0 Å². The molecule has 0 saturated carbocycles. The van der Waals surface area contributed by atoms with E-state index in [0.29, 0.717) is 6.04 Å². The van der Waals surface area contributed by atoms with Crippen molar-refractivity contribution in [1.29, 1.82) is 0 Å². The molecule has 0 unspecified atom stereocenters. The maximum absolute atomic E-state index is 10.7. The minimum atomic E-state index is -0.955. The number of carboxylic acids is 1. The molecule has 0 bridgehead atoms. The predicted octanol–water partition coefficient (Wildman–Crippen LogP) is 2.73. The van der Waals surface area contributed by atoms with E-state index in [1.807, 2.05) is 16.0 Å². The Hall–Kier alpha value is -1.82. The first-order valence-electron chi connectivity index (χ1n) is 6.17.